The van der Waals surface area contributed by atoms with Crippen LogP contribution in [0.2, 0.25) is 0 Å². The van der Waals surface area contributed by atoms with Crippen molar-refractivity contribution in [1.29, 1.82) is 0 Å². The normalized spacial score (nSPS) is 14.7. The molecule has 2 rings (SSSR count). The van der Waals surface area contributed by atoms with Gasteiger partial charge in [0.25, 0.3) is 0 Å². The van der Waals surface area contributed by atoms with Gasteiger partial charge in [0.1, 0.15) is 17.1 Å². The molecule has 1 atom stereocenters. The van der Waals surface area contributed by atoms with Crippen molar-refractivity contribution in [3.05, 3.63) is 41.1 Å². The molecule has 7 nitrogen and oxygen atoms in total. The first-order valence-corrected chi connectivity index (χ1v) is 7.15. The third kappa shape index (κ3) is 3.88. The van der Waals surface area contributed by atoms with Crippen molar-refractivity contribution in [3.63, 3.8) is 0 Å². The van der Waals surface area contributed by atoms with Gasteiger partial charge in [-0.15, -0.1) is 0 Å². The topological polar surface area (TPSA) is 98.5 Å². The highest BCUT2D eigenvalue weighted by Gasteiger charge is 2.27. The lowest BCUT2D eigenvalue weighted by molar-refractivity contribution is 0.0378. The smallest absolute Gasteiger partial charge is 0.191 e. The van der Waals surface area contributed by atoms with Crippen molar-refractivity contribution in [2.75, 3.05) is 13.6 Å². The minimum absolute atomic E-state index is 0.282. The van der Waals surface area contributed by atoms with Gasteiger partial charge in [0.15, 0.2) is 5.96 Å². The molecule has 0 spiro atoms. The molecule has 0 saturated carbocycles. The quantitative estimate of drug-likeness (QED) is 0.491. The number of guanidine groups is 1. The van der Waals surface area contributed by atoms with Crippen molar-refractivity contribution in [3.8, 4) is 0 Å². The largest absolute Gasteiger partial charge is 0.463 e. The third-order valence-electron chi connectivity index (χ3n) is 3.48. The Kier molecular flexibility index (Phi) is 4.87. The van der Waals surface area contributed by atoms with Crippen LogP contribution in [0.3, 0.4) is 0 Å². The standard InChI is InChI=1S/C15H23N5O2/c1-10-5-6-13(22-10)15(3,21)9-18-14(16-4)17-7-12-8-19-20-11(12)2/h5-6,8,21H,7,9H2,1-4H3,(H,19,20)(H2,16,17,18). The fourth-order valence-electron chi connectivity index (χ4n) is 2.02. The first kappa shape index (κ1) is 16.1. The summed E-state index contributed by atoms with van der Waals surface area (Å²) in [6, 6.07) is 3.61. The predicted molar refractivity (Wildman–Crippen MR) is 84.5 cm³/mol. The first-order chi connectivity index (χ1) is 10.4. The molecule has 0 saturated heterocycles. The van der Waals surface area contributed by atoms with Gasteiger partial charge in [0, 0.05) is 24.8 Å². The Morgan fingerprint density at radius 2 is 2.18 bits per heavy atom. The maximum atomic E-state index is 10.5. The Balaban J connectivity index is 1.89. The summed E-state index contributed by atoms with van der Waals surface area (Å²) in [7, 11) is 1.68. The Labute approximate surface area is 129 Å². The molecule has 0 fully saturated rings. The highest BCUT2D eigenvalue weighted by Crippen LogP contribution is 2.21. The van der Waals surface area contributed by atoms with Crippen LogP contribution in [0.4, 0.5) is 0 Å². The van der Waals surface area contributed by atoms with E-state index in [4.69, 9.17) is 4.42 Å². The zero-order valence-corrected chi connectivity index (χ0v) is 13.4. The van der Waals surface area contributed by atoms with Crippen LogP contribution in [-0.4, -0.2) is 34.9 Å². The summed E-state index contributed by atoms with van der Waals surface area (Å²) in [5, 5.41) is 23.6. The summed E-state index contributed by atoms with van der Waals surface area (Å²) < 4.78 is 5.49. The van der Waals surface area contributed by atoms with Gasteiger partial charge in [-0.25, -0.2) is 0 Å². The molecule has 0 aliphatic heterocycles. The van der Waals surface area contributed by atoms with Gasteiger partial charge in [-0.05, 0) is 32.9 Å². The van der Waals surface area contributed by atoms with Crippen molar-refractivity contribution >= 4 is 5.96 Å². The summed E-state index contributed by atoms with van der Waals surface area (Å²) in [6.07, 6.45) is 1.78. The number of aryl methyl sites for hydroxylation is 2. The van der Waals surface area contributed by atoms with E-state index in [2.05, 4.69) is 25.8 Å². The second kappa shape index (κ2) is 6.65. The molecule has 2 heterocycles. The van der Waals surface area contributed by atoms with Crippen molar-refractivity contribution < 1.29 is 9.52 Å². The number of furan rings is 1. The number of hydrogen-bond acceptors (Lipinski definition) is 4. The zero-order valence-electron chi connectivity index (χ0n) is 13.4. The maximum Gasteiger partial charge on any atom is 0.191 e. The predicted octanol–water partition coefficient (Wildman–Crippen LogP) is 1.19. The van der Waals surface area contributed by atoms with E-state index in [0.29, 0.717) is 18.3 Å². The monoisotopic (exact) mass is 305 g/mol. The fraction of sp³-hybridized carbons (Fsp3) is 0.467. The van der Waals surface area contributed by atoms with E-state index in [1.54, 1.807) is 26.2 Å². The van der Waals surface area contributed by atoms with Crippen LogP contribution in [0.25, 0.3) is 0 Å². The van der Waals surface area contributed by atoms with Crippen molar-refractivity contribution in [2.24, 2.45) is 4.99 Å². The molecule has 120 valence electrons. The number of aliphatic imine (C=N–C) groups is 1. The van der Waals surface area contributed by atoms with Gasteiger partial charge in [-0.2, -0.15) is 5.10 Å². The number of nitrogens with zero attached hydrogens (tertiary/aromatic N) is 2. The first-order valence-electron chi connectivity index (χ1n) is 7.15. The average Bonchev–Trinajstić information content (AvgIpc) is 3.08. The second-order valence-corrected chi connectivity index (χ2v) is 5.48. The molecule has 4 N–H and O–H groups in total. The lowest BCUT2D eigenvalue weighted by Gasteiger charge is -2.22. The van der Waals surface area contributed by atoms with Gasteiger partial charge in [0.2, 0.25) is 0 Å². The van der Waals surface area contributed by atoms with Crippen molar-refractivity contribution in [2.45, 2.75) is 32.9 Å². The average molecular weight is 305 g/mol. The minimum Gasteiger partial charge on any atom is -0.463 e. The number of aromatic nitrogens is 2. The number of aliphatic hydroxyl groups is 1. The van der Waals surface area contributed by atoms with E-state index in [1.807, 2.05) is 19.9 Å². The molecule has 0 bridgehead atoms. The van der Waals surface area contributed by atoms with E-state index >= 15 is 0 Å². The number of hydrogen-bond donors (Lipinski definition) is 4. The summed E-state index contributed by atoms with van der Waals surface area (Å²) >= 11 is 0. The van der Waals surface area contributed by atoms with E-state index in [1.165, 1.54) is 0 Å². The van der Waals surface area contributed by atoms with E-state index in [9.17, 15) is 5.11 Å². The molecule has 2 aromatic heterocycles. The van der Waals surface area contributed by atoms with Gasteiger partial charge in [-0.1, -0.05) is 0 Å². The number of rotatable bonds is 5. The summed E-state index contributed by atoms with van der Waals surface area (Å²) in [5.41, 5.74) is 0.967. The molecule has 0 aliphatic rings. The van der Waals surface area contributed by atoms with Crippen LogP contribution in [0.5, 0.6) is 0 Å². The van der Waals surface area contributed by atoms with Crippen LogP contribution >= 0.6 is 0 Å². The highest BCUT2D eigenvalue weighted by molar-refractivity contribution is 5.79. The Morgan fingerprint density at radius 3 is 2.73 bits per heavy atom. The molecular weight excluding hydrogens is 282 g/mol. The Morgan fingerprint density at radius 1 is 1.41 bits per heavy atom. The molecule has 1 unspecified atom stereocenters. The molecule has 0 aromatic carbocycles. The Bertz CT molecular complexity index is 642. The molecule has 7 heteroatoms. The lowest BCUT2D eigenvalue weighted by Crippen LogP contribution is -2.44. The summed E-state index contributed by atoms with van der Waals surface area (Å²) in [6.45, 7) is 6.39. The fourth-order valence-corrected chi connectivity index (χ4v) is 2.02. The maximum absolute atomic E-state index is 10.5. The van der Waals surface area contributed by atoms with Gasteiger partial charge < -0.3 is 20.2 Å². The van der Waals surface area contributed by atoms with Gasteiger partial charge in [-0.3, -0.25) is 10.1 Å². The molecule has 22 heavy (non-hydrogen) atoms. The third-order valence-corrected chi connectivity index (χ3v) is 3.48. The molecule has 0 aliphatic carbocycles. The molecule has 0 radical (unpaired) electrons. The Hall–Kier alpha value is -2.28. The van der Waals surface area contributed by atoms with E-state index in [0.717, 1.165) is 17.0 Å². The van der Waals surface area contributed by atoms with E-state index < -0.39 is 5.60 Å². The summed E-state index contributed by atoms with van der Waals surface area (Å²) in [4.78, 5) is 4.14. The molecule has 0 amide bonds. The lowest BCUT2D eigenvalue weighted by atomic mass is 10.0. The molecular formula is C15H23N5O2. The minimum atomic E-state index is -1.11. The van der Waals surface area contributed by atoms with Crippen molar-refractivity contribution in [1.82, 2.24) is 20.8 Å². The molecule has 2 aromatic rings. The van der Waals surface area contributed by atoms with Crippen LogP contribution < -0.4 is 10.6 Å². The van der Waals surface area contributed by atoms with Crippen LogP contribution in [0.1, 0.15) is 29.7 Å². The second-order valence-electron chi connectivity index (χ2n) is 5.48. The van der Waals surface area contributed by atoms with Gasteiger partial charge >= 0.3 is 0 Å². The van der Waals surface area contributed by atoms with Crippen LogP contribution in [-0.2, 0) is 12.1 Å². The van der Waals surface area contributed by atoms with Crippen LogP contribution in [0, 0.1) is 13.8 Å². The number of aromatic amines is 1. The number of H-pyrrole nitrogens is 1. The number of nitrogens with one attached hydrogen (secondary N) is 3. The SMILES string of the molecule is CN=C(NCc1cn[nH]c1C)NCC(C)(O)c1ccc(C)o1. The highest BCUT2D eigenvalue weighted by atomic mass is 16.4. The van der Waals surface area contributed by atoms with Gasteiger partial charge in [0.05, 0.1) is 12.7 Å². The summed E-state index contributed by atoms with van der Waals surface area (Å²) in [5.74, 6) is 1.90. The van der Waals surface area contributed by atoms with E-state index in [-0.39, 0.29) is 6.54 Å². The zero-order chi connectivity index (χ0) is 16.2. The van der Waals surface area contributed by atoms with Crippen LogP contribution in [0.15, 0.2) is 27.7 Å².